The van der Waals surface area contributed by atoms with Crippen molar-refractivity contribution >= 4 is 34.8 Å². The number of aliphatic imine (C=N–C) groups is 1. The molecule has 108 valence electrons. The first kappa shape index (κ1) is 14.2. The first-order valence-electron chi connectivity index (χ1n) is 6.35. The van der Waals surface area contributed by atoms with E-state index in [1.165, 1.54) is 12.1 Å². The Hall–Kier alpha value is -1.78. The van der Waals surface area contributed by atoms with Crippen molar-refractivity contribution in [1.82, 2.24) is 0 Å². The van der Waals surface area contributed by atoms with Crippen LogP contribution in [0.15, 0.2) is 47.5 Å². The monoisotopic (exact) mass is 323 g/mol. The summed E-state index contributed by atoms with van der Waals surface area (Å²) in [7, 11) is 0. The summed E-state index contributed by atoms with van der Waals surface area (Å²) in [5.74, 6) is 0.0155. The van der Waals surface area contributed by atoms with Crippen molar-refractivity contribution in [3.05, 3.63) is 63.9 Å². The van der Waals surface area contributed by atoms with Crippen LogP contribution in [0, 0.1) is 5.82 Å². The molecule has 0 fully saturated rings. The second-order valence-corrected chi connectivity index (χ2v) is 5.64. The van der Waals surface area contributed by atoms with E-state index >= 15 is 0 Å². The van der Waals surface area contributed by atoms with Gasteiger partial charge in [-0.2, -0.15) is 0 Å². The molecule has 0 aliphatic carbocycles. The lowest BCUT2D eigenvalue weighted by molar-refractivity contribution is 0.621. The highest BCUT2D eigenvalue weighted by Gasteiger charge is 2.29. The molecule has 3 nitrogen and oxygen atoms in total. The van der Waals surface area contributed by atoms with Crippen LogP contribution in [0.3, 0.4) is 0 Å². The van der Waals surface area contributed by atoms with Crippen LogP contribution in [0.25, 0.3) is 0 Å². The van der Waals surface area contributed by atoms with Crippen molar-refractivity contribution in [2.24, 2.45) is 10.7 Å². The molecule has 0 saturated carbocycles. The molecule has 0 aromatic heterocycles. The molecule has 0 saturated heterocycles. The van der Waals surface area contributed by atoms with Crippen molar-refractivity contribution in [3.8, 4) is 0 Å². The first-order chi connectivity index (χ1) is 10.0. The molecule has 0 radical (unpaired) electrons. The van der Waals surface area contributed by atoms with Gasteiger partial charge in [0.05, 0.1) is 12.6 Å². The zero-order chi connectivity index (χ0) is 15.0. The van der Waals surface area contributed by atoms with Crippen LogP contribution in [-0.4, -0.2) is 12.5 Å². The van der Waals surface area contributed by atoms with Gasteiger partial charge in [-0.1, -0.05) is 23.2 Å². The Morgan fingerprint density at radius 2 is 1.81 bits per heavy atom. The maximum absolute atomic E-state index is 13.6. The van der Waals surface area contributed by atoms with Gasteiger partial charge in [0, 0.05) is 15.7 Å². The zero-order valence-electron chi connectivity index (χ0n) is 10.9. The fraction of sp³-hybridized carbons (Fsp3) is 0.133. The molecule has 1 atom stereocenters. The molecule has 3 rings (SSSR count). The zero-order valence-corrected chi connectivity index (χ0v) is 12.4. The molecule has 2 aromatic rings. The predicted molar refractivity (Wildman–Crippen MR) is 84.6 cm³/mol. The molecule has 1 heterocycles. The molecule has 1 aliphatic heterocycles. The van der Waals surface area contributed by atoms with Gasteiger partial charge < -0.3 is 10.6 Å². The number of rotatable bonds is 2. The number of anilines is 1. The van der Waals surface area contributed by atoms with Crippen molar-refractivity contribution in [3.63, 3.8) is 0 Å². The summed E-state index contributed by atoms with van der Waals surface area (Å²) in [4.78, 5) is 6.10. The van der Waals surface area contributed by atoms with Gasteiger partial charge in [-0.25, -0.2) is 4.39 Å². The molecule has 1 unspecified atom stereocenters. The number of hydrogen-bond acceptors (Lipinski definition) is 3. The summed E-state index contributed by atoms with van der Waals surface area (Å²) in [6.45, 7) is 0.453. The van der Waals surface area contributed by atoms with Crippen molar-refractivity contribution < 1.29 is 4.39 Å². The van der Waals surface area contributed by atoms with Crippen molar-refractivity contribution in [2.75, 3.05) is 11.4 Å². The Morgan fingerprint density at radius 1 is 1.10 bits per heavy atom. The lowest BCUT2D eigenvalue weighted by Gasteiger charge is -2.26. The number of halogens is 3. The van der Waals surface area contributed by atoms with Gasteiger partial charge in [-0.15, -0.1) is 0 Å². The number of benzene rings is 2. The SMILES string of the molecule is NC1=NCC(c2cc(F)cc(Cl)c2)N1c1ccc(Cl)cc1. The third kappa shape index (κ3) is 2.82. The minimum atomic E-state index is -0.376. The van der Waals surface area contributed by atoms with Crippen LogP contribution < -0.4 is 10.6 Å². The fourth-order valence-corrected chi connectivity index (χ4v) is 2.79. The van der Waals surface area contributed by atoms with Crippen LogP contribution in [0.5, 0.6) is 0 Å². The van der Waals surface area contributed by atoms with E-state index in [9.17, 15) is 4.39 Å². The lowest BCUT2D eigenvalue weighted by Crippen LogP contribution is -2.36. The van der Waals surface area contributed by atoms with Gasteiger partial charge in [0.15, 0.2) is 5.96 Å². The van der Waals surface area contributed by atoms with E-state index in [2.05, 4.69) is 4.99 Å². The summed E-state index contributed by atoms with van der Waals surface area (Å²) in [5.41, 5.74) is 7.55. The normalized spacial score (nSPS) is 18.0. The third-order valence-electron chi connectivity index (χ3n) is 3.36. The van der Waals surface area contributed by atoms with Crippen LogP contribution in [0.1, 0.15) is 11.6 Å². The second-order valence-electron chi connectivity index (χ2n) is 4.76. The minimum Gasteiger partial charge on any atom is -0.369 e. The van der Waals surface area contributed by atoms with E-state index in [0.717, 1.165) is 11.3 Å². The molecule has 1 aliphatic rings. The quantitative estimate of drug-likeness (QED) is 0.907. The number of nitrogens with zero attached hydrogens (tertiary/aromatic N) is 2. The van der Waals surface area contributed by atoms with E-state index in [0.29, 0.717) is 22.5 Å². The molecule has 0 amide bonds. The van der Waals surface area contributed by atoms with Crippen LogP contribution >= 0.6 is 23.2 Å². The fourth-order valence-electron chi connectivity index (χ4n) is 2.43. The van der Waals surface area contributed by atoms with Crippen LogP contribution in [-0.2, 0) is 0 Å². The molecular weight excluding hydrogens is 312 g/mol. The van der Waals surface area contributed by atoms with Gasteiger partial charge in [0.2, 0.25) is 0 Å². The number of guanidine groups is 1. The van der Waals surface area contributed by atoms with Crippen molar-refractivity contribution in [2.45, 2.75) is 6.04 Å². The predicted octanol–water partition coefficient (Wildman–Crippen LogP) is 4.01. The Balaban J connectivity index is 2.00. The Bertz CT molecular complexity index is 680. The lowest BCUT2D eigenvalue weighted by atomic mass is 10.1. The van der Waals surface area contributed by atoms with E-state index < -0.39 is 0 Å². The van der Waals surface area contributed by atoms with E-state index in [-0.39, 0.29) is 11.9 Å². The molecular formula is C15H12Cl2FN3. The second kappa shape index (κ2) is 5.54. The maximum atomic E-state index is 13.6. The topological polar surface area (TPSA) is 41.6 Å². The molecule has 0 spiro atoms. The van der Waals surface area contributed by atoms with Gasteiger partial charge in [0.25, 0.3) is 0 Å². The van der Waals surface area contributed by atoms with Gasteiger partial charge in [-0.3, -0.25) is 4.99 Å². The summed E-state index contributed by atoms with van der Waals surface area (Å²) < 4.78 is 13.6. The highest BCUT2D eigenvalue weighted by molar-refractivity contribution is 6.31. The summed E-state index contributed by atoms with van der Waals surface area (Å²) in [5, 5.41) is 0.991. The first-order valence-corrected chi connectivity index (χ1v) is 7.11. The van der Waals surface area contributed by atoms with E-state index in [1.54, 1.807) is 18.2 Å². The van der Waals surface area contributed by atoms with Gasteiger partial charge in [-0.05, 0) is 48.0 Å². The molecule has 2 aromatic carbocycles. The average Bonchev–Trinajstić information content (AvgIpc) is 2.80. The standard InChI is InChI=1S/C15H12Cl2FN3/c16-10-1-3-13(4-2-10)21-14(8-20-15(21)19)9-5-11(17)7-12(18)6-9/h1-7,14H,8H2,(H2,19,20). The van der Waals surface area contributed by atoms with Crippen LogP contribution in [0.2, 0.25) is 10.0 Å². The smallest absolute Gasteiger partial charge is 0.196 e. The Kier molecular flexibility index (Phi) is 3.74. The number of nitrogens with two attached hydrogens (primary N) is 1. The van der Waals surface area contributed by atoms with E-state index in [1.807, 2.05) is 17.0 Å². The Labute approximate surface area is 131 Å². The third-order valence-corrected chi connectivity index (χ3v) is 3.83. The van der Waals surface area contributed by atoms with Crippen LogP contribution in [0.4, 0.5) is 10.1 Å². The molecule has 21 heavy (non-hydrogen) atoms. The number of hydrogen-bond donors (Lipinski definition) is 1. The highest BCUT2D eigenvalue weighted by atomic mass is 35.5. The molecule has 6 heteroatoms. The summed E-state index contributed by atoms with van der Waals surface area (Å²) in [6.07, 6.45) is 0. The maximum Gasteiger partial charge on any atom is 0.196 e. The molecule has 0 bridgehead atoms. The Morgan fingerprint density at radius 3 is 2.48 bits per heavy atom. The summed E-state index contributed by atoms with van der Waals surface area (Å²) in [6, 6.07) is 11.5. The van der Waals surface area contributed by atoms with Gasteiger partial charge in [0.1, 0.15) is 5.82 Å². The average molecular weight is 324 g/mol. The highest BCUT2D eigenvalue weighted by Crippen LogP contribution is 2.33. The minimum absolute atomic E-state index is 0.181. The largest absolute Gasteiger partial charge is 0.369 e. The van der Waals surface area contributed by atoms with E-state index in [4.69, 9.17) is 28.9 Å². The summed E-state index contributed by atoms with van der Waals surface area (Å²) >= 11 is 11.8. The van der Waals surface area contributed by atoms with Gasteiger partial charge >= 0.3 is 0 Å². The molecule has 2 N–H and O–H groups in total. The van der Waals surface area contributed by atoms with Crippen molar-refractivity contribution in [1.29, 1.82) is 0 Å².